The van der Waals surface area contributed by atoms with Crippen LogP contribution >= 0.6 is 0 Å². The third kappa shape index (κ3) is 3.88. The predicted molar refractivity (Wildman–Crippen MR) is 94.6 cm³/mol. The van der Waals surface area contributed by atoms with E-state index in [1.807, 2.05) is 18.2 Å². The van der Waals surface area contributed by atoms with Crippen LogP contribution in [-0.4, -0.2) is 16.8 Å². The molecule has 1 N–H and O–H groups in total. The van der Waals surface area contributed by atoms with Gasteiger partial charge in [0.1, 0.15) is 5.82 Å². The summed E-state index contributed by atoms with van der Waals surface area (Å²) in [6, 6.07) is 13.4. The van der Waals surface area contributed by atoms with Crippen LogP contribution in [0.5, 0.6) is 0 Å². The molecular formula is C20H19N3O. The highest BCUT2D eigenvalue weighted by Gasteiger charge is 2.14. The van der Waals surface area contributed by atoms with Gasteiger partial charge in [0, 0.05) is 17.8 Å². The van der Waals surface area contributed by atoms with E-state index in [0.717, 1.165) is 11.4 Å². The molecule has 24 heavy (non-hydrogen) atoms. The minimum absolute atomic E-state index is 0.123. The Morgan fingerprint density at radius 2 is 2.00 bits per heavy atom. The average Bonchev–Trinajstić information content (AvgIpc) is 3.13. The largest absolute Gasteiger partial charge is 0.367 e. The average molecular weight is 317 g/mol. The van der Waals surface area contributed by atoms with Gasteiger partial charge in [-0.3, -0.25) is 4.79 Å². The lowest BCUT2D eigenvalue weighted by Crippen LogP contribution is -2.15. The third-order valence-electron chi connectivity index (χ3n) is 4.25. The van der Waals surface area contributed by atoms with E-state index in [-0.39, 0.29) is 5.78 Å². The van der Waals surface area contributed by atoms with Crippen LogP contribution in [0.1, 0.15) is 47.2 Å². The number of ketones is 1. The standard InChI is InChI=1S/C20H19N3O/c21-13-16-6-2-1-5-15(16)9-11-19(24)17-10-12-20(22-14-17)23-18-7-3-4-8-18/h1-2,5-6,9-12,14,18H,3-4,7-8H2,(H,22,23)/b11-9+. The second-order valence-corrected chi connectivity index (χ2v) is 5.95. The Kier molecular flexibility index (Phi) is 5.02. The highest BCUT2D eigenvalue weighted by Crippen LogP contribution is 2.21. The van der Waals surface area contributed by atoms with Gasteiger partial charge in [-0.05, 0) is 48.8 Å². The highest BCUT2D eigenvalue weighted by molar-refractivity contribution is 6.06. The molecule has 0 bridgehead atoms. The van der Waals surface area contributed by atoms with E-state index in [1.165, 1.54) is 31.8 Å². The zero-order chi connectivity index (χ0) is 16.8. The highest BCUT2D eigenvalue weighted by atomic mass is 16.1. The topological polar surface area (TPSA) is 65.8 Å². The van der Waals surface area contributed by atoms with Crippen molar-refractivity contribution in [3.63, 3.8) is 0 Å². The number of aromatic nitrogens is 1. The molecule has 1 heterocycles. The molecule has 0 unspecified atom stereocenters. The Bertz CT molecular complexity index is 781. The van der Waals surface area contributed by atoms with E-state index >= 15 is 0 Å². The molecule has 0 atom stereocenters. The lowest BCUT2D eigenvalue weighted by molar-refractivity contribution is 0.104. The van der Waals surface area contributed by atoms with Crippen molar-refractivity contribution < 1.29 is 4.79 Å². The summed E-state index contributed by atoms with van der Waals surface area (Å²) in [6.45, 7) is 0. The van der Waals surface area contributed by atoms with Crippen LogP contribution in [0.15, 0.2) is 48.7 Å². The summed E-state index contributed by atoms with van der Waals surface area (Å²) in [7, 11) is 0. The molecule has 4 nitrogen and oxygen atoms in total. The number of anilines is 1. The van der Waals surface area contributed by atoms with Crippen molar-refractivity contribution in [3.8, 4) is 6.07 Å². The monoisotopic (exact) mass is 317 g/mol. The molecule has 1 aromatic heterocycles. The van der Waals surface area contributed by atoms with Crippen molar-refractivity contribution in [2.45, 2.75) is 31.7 Å². The van der Waals surface area contributed by atoms with E-state index in [4.69, 9.17) is 5.26 Å². The molecule has 1 aromatic carbocycles. The Morgan fingerprint density at radius 3 is 2.71 bits per heavy atom. The summed E-state index contributed by atoms with van der Waals surface area (Å²) < 4.78 is 0. The van der Waals surface area contributed by atoms with Crippen molar-refractivity contribution in [2.24, 2.45) is 0 Å². The van der Waals surface area contributed by atoms with Gasteiger partial charge < -0.3 is 5.32 Å². The van der Waals surface area contributed by atoms with E-state index in [0.29, 0.717) is 17.2 Å². The number of hydrogen-bond donors (Lipinski definition) is 1. The number of rotatable bonds is 5. The molecule has 0 aliphatic heterocycles. The molecule has 0 amide bonds. The lowest BCUT2D eigenvalue weighted by Gasteiger charge is -2.12. The summed E-state index contributed by atoms with van der Waals surface area (Å²) in [5.41, 5.74) is 1.83. The maximum Gasteiger partial charge on any atom is 0.187 e. The van der Waals surface area contributed by atoms with Crippen LogP contribution in [0.25, 0.3) is 6.08 Å². The normalized spacial score (nSPS) is 14.6. The van der Waals surface area contributed by atoms with E-state index < -0.39 is 0 Å². The summed E-state index contributed by atoms with van der Waals surface area (Å²) in [4.78, 5) is 16.6. The van der Waals surface area contributed by atoms with Gasteiger partial charge in [-0.2, -0.15) is 5.26 Å². The van der Waals surface area contributed by atoms with Gasteiger partial charge in [-0.15, -0.1) is 0 Å². The van der Waals surface area contributed by atoms with E-state index in [9.17, 15) is 4.79 Å². The first-order valence-corrected chi connectivity index (χ1v) is 8.20. The van der Waals surface area contributed by atoms with Crippen LogP contribution in [0.2, 0.25) is 0 Å². The van der Waals surface area contributed by atoms with Gasteiger partial charge in [0.2, 0.25) is 0 Å². The molecule has 3 rings (SSSR count). The molecule has 0 saturated heterocycles. The number of carbonyl (C=O) groups is 1. The Hall–Kier alpha value is -2.93. The minimum Gasteiger partial charge on any atom is -0.367 e. The fourth-order valence-electron chi connectivity index (χ4n) is 2.91. The molecule has 1 aliphatic rings. The minimum atomic E-state index is -0.123. The van der Waals surface area contributed by atoms with Gasteiger partial charge in [0.25, 0.3) is 0 Å². The number of pyridine rings is 1. The SMILES string of the molecule is N#Cc1ccccc1/C=C/C(=O)c1ccc(NC2CCCC2)nc1. The van der Waals surface area contributed by atoms with E-state index in [1.54, 1.807) is 30.5 Å². The molecular weight excluding hydrogens is 298 g/mol. The molecule has 2 aromatic rings. The zero-order valence-corrected chi connectivity index (χ0v) is 13.4. The quantitative estimate of drug-likeness (QED) is 0.663. The molecule has 1 aliphatic carbocycles. The Morgan fingerprint density at radius 1 is 1.21 bits per heavy atom. The Labute approximate surface area is 141 Å². The predicted octanol–water partition coefficient (Wildman–Crippen LogP) is 4.20. The van der Waals surface area contributed by atoms with E-state index in [2.05, 4.69) is 16.4 Å². The summed E-state index contributed by atoms with van der Waals surface area (Å²) >= 11 is 0. The molecule has 4 heteroatoms. The molecule has 1 saturated carbocycles. The number of carbonyl (C=O) groups excluding carboxylic acids is 1. The first-order valence-electron chi connectivity index (χ1n) is 8.20. The fraction of sp³-hybridized carbons (Fsp3) is 0.250. The van der Waals surface area contributed by atoms with Crippen molar-refractivity contribution in [1.82, 2.24) is 4.98 Å². The van der Waals surface area contributed by atoms with Gasteiger partial charge in [-0.25, -0.2) is 4.98 Å². The number of hydrogen-bond acceptors (Lipinski definition) is 4. The number of nitrogens with zero attached hydrogens (tertiary/aromatic N) is 2. The number of benzene rings is 1. The van der Waals surface area contributed by atoms with Gasteiger partial charge in [-0.1, -0.05) is 31.0 Å². The van der Waals surface area contributed by atoms with Crippen molar-refractivity contribution >= 4 is 17.7 Å². The smallest absolute Gasteiger partial charge is 0.187 e. The molecule has 0 radical (unpaired) electrons. The van der Waals surface area contributed by atoms with Gasteiger partial charge in [0.15, 0.2) is 5.78 Å². The lowest BCUT2D eigenvalue weighted by atomic mass is 10.1. The van der Waals surface area contributed by atoms with Crippen molar-refractivity contribution in [1.29, 1.82) is 5.26 Å². The second kappa shape index (κ2) is 7.56. The Balaban J connectivity index is 1.66. The van der Waals surface area contributed by atoms with Crippen LogP contribution < -0.4 is 5.32 Å². The number of allylic oxidation sites excluding steroid dienone is 1. The number of nitriles is 1. The zero-order valence-electron chi connectivity index (χ0n) is 13.4. The van der Waals surface area contributed by atoms with Crippen molar-refractivity contribution in [3.05, 3.63) is 65.4 Å². The molecule has 1 fully saturated rings. The maximum absolute atomic E-state index is 12.2. The fourth-order valence-corrected chi connectivity index (χ4v) is 2.91. The van der Waals surface area contributed by atoms with Crippen LogP contribution in [0, 0.1) is 11.3 Å². The van der Waals surface area contributed by atoms with Crippen LogP contribution in [-0.2, 0) is 0 Å². The first kappa shape index (κ1) is 15.9. The molecule has 120 valence electrons. The number of nitrogens with one attached hydrogen (secondary N) is 1. The van der Waals surface area contributed by atoms with Crippen LogP contribution in [0.4, 0.5) is 5.82 Å². The maximum atomic E-state index is 12.2. The van der Waals surface area contributed by atoms with Crippen LogP contribution in [0.3, 0.4) is 0 Å². The summed E-state index contributed by atoms with van der Waals surface area (Å²) in [5.74, 6) is 0.694. The first-order chi connectivity index (χ1) is 11.8. The van der Waals surface area contributed by atoms with Crippen molar-refractivity contribution in [2.75, 3.05) is 5.32 Å². The summed E-state index contributed by atoms with van der Waals surface area (Å²) in [6.07, 6.45) is 9.65. The second-order valence-electron chi connectivity index (χ2n) is 5.95. The molecule has 0 spiro atoms. The summed E-state index contributed by atoms with van der Waals surface area (Å²) in [5, 5.41) is 12.5. The third-order valence-corrected chi connectivity index (χ3v) is 4.25. The van der Waals surface area contributed by atoms with Gasteiger partial charge in [0.05, 0.1) is 11.6 Å². The van der Waals surface area contributed by atoms with Gasteiger partial charge >= 0.3 is 0 Å².